The SMILES string of the molecule is CCN(CC)C(CNC(=O)c1cccc(S(=O)(=O)NCc2ccccc2)c1)c1ccsc1. The molecule has 1 aromatic heterocycles. The molecule has 3 rings (SSSR count). The lowest BCUT2D eigenvalue weighted by atomic mass is 10.1. The van der Waals surface area contributed by atoms with Gasteiger partial charge in [-0.1, -0.05) is 50.2 Å². The van der Waals surface area contributed by atoms with Crippen LogP contribution in [0.4, 0.5) is 0 Å². The summed E-state index contributed by atoms with van der Waals surface area (Å²) in [6.07, 6.45) is 0. The highest BCUT2D eigenvalue weighted by Crippen LogP contribution is 2.22. The molecule has 8 heteroatoms. The van der Waals surface area contributed by atoms with Gasteiger partial charge in [0.15, 0.2) is 0 Å². The van der Waals surface area contributed by atoms with Gasteiger partial charge in [0, 0.05) is 18.7 Å². The molecule has 0 aliphatic carbocycles. The molecular formula is C24H29N3O3S2. The Morgan fingerprint density at radius 3 is 2.44 bits per heavy atom. The first-order valence-corrected chi connectivity index (χ1v) is 13.0. The van der Waals surface area contributed by atoms with Crippen molar-refractivity contribution < 1.29 is 13.2 Å². The summed E-state index contributed by atoms with van der Waals surface area (Å²) < 4.78 is 28.0. The third kappa shape index (κ3) is 6.26. The molecule has 0 radical (unpaired) electrons. The maximum absolute atomic E-state index is 12.8. The van der Waals surface area contributed by atoms with Crippen molar-refractivity contribution in [3.8, 4) is 0 Å². The largest absolute Gasteiger partial charge is 0.350 e. The first kappa shape index (κ1) is 24.1. The lowest BCUT2D eigenvalue weighted by Crippen LogP contribution is -2.38. The van der Waals surface area contributed by atoms with E-state index >= 15 is 0 Å². The summed E-state index contributed by atoms with van der Waals surface area (Å²) in [5.74, 6) is -0.294. The van der Waals surface area contributed by atoms with E-state index in [0.717, 1.165) is 18.7 Å². The van der Waals surface area contributed by atoms with Gasteiger partial charge >= 0.3 is 0 Å². The van der Waals surface area contributed by atoms with Gasteiger partial charge in [-0.05, 0) is 59.2 Å². The highest BCUT2D eigenvalue weighted by atomic mass is 32.2. The van der Waals surface area contributed by atoms with Crippen molar-refractivity contribution in [3.63, 3.8) is 0 Å². The zero-order valence-corrected chi connectivity index (χ0v) is 20.0. The number of thiophene rings is 1. The zero-order chi connectivity index (χ0) is 23.0. The fourth-order valence-electron chi connectivity index (χ4n) is 3.54. The number of sulfonamides is 1. The van der Waals surface area contributed by atoms with Gasteiger partial charge in [-0.2, -0.15) is 11.3 Å². The van der Waals surface area contributed by atoms with Crippen molar-refractivity contribution in [2.24, 2.45) is 0 Å². The van der Waals surface area contributed by atoms with Crippen LogP contribution in [0, 0.1) is 0 Å². The molecule has 0 aliphatic rings. The standard InChI is InChI=1S/C24H29N3O3S2/c1-3-27(4-2)23(21-13-14-31-18-21)17-25-24(28)20-11-8-12-22(15-20)32(29,30)26-16-19-9-6-5-7-10-19/h5-15,18,23,26H,3-4,16-17H2,1-2H3,(H,25,28). The molecule has 0 saturated carbocycles. The van der Waals surface area contributed by atoms with Gasteiger partial charge in [-0.15, -0.1) is 0 Å². The Hall–Kier alpha value is -2.52. The molecule has 0 saturated heterocycles. The number of benzene rings is 2. The molecule has 32 heavy (non-hydrogen) atoms. The highest BCUT2D eigenvalue weighted by molar-refractivity contribution is 7.89. The summed E-state index contributed by atoms with van der Waals surface area (Å²) in [6.45, 7) is 6.57. The summed E-state index contributed by atoms with van der Waals surface area (Å²) in [5, 5.41) is 7.11. The molecule has 0 spiro atoms. The molecule has 0 aliphatic heterocycles. The second-order valence-corrected chi connectivity index (χ2v) is 9.89. The Kier molecular flexibility index (Phi) is 8.58. The molecule has 0 fully saturated rings. The first-order chi connectivity index (χ1) is 15.4. The van der Waals surface area contributed by atoms with E-state index in [4.69, 9.17) is 0 Å². The summed E-state index contributed by atoms with van der Waals surface area (Å²) in [4.78, 5) is 15.2. The average Bonchev–Trinajstić information content (AvgIpc) is 3.36. The van der Waals surface area contributed by atoms with Gasteiger partial charge in [0.25, 0.3) is 5.91 Å². The molecule has 170 valence electrons. The van der Waals surface area contributed by atoms with E-state index < -0.39 is 10.0 Å². The smallest absolute Gasteiger partial charge is 0.251 e. The van der Waals surface area contributed by atoms with E-state index in [1.807, 2.05) is 35.7 Å². The van der Waals surface area contributed by atoms with Gasteiger partial charge in [0.1, 0.15) is 0 Å². The van der Waals surface area contributed by atoms with Crippen LogP contribution in [0.3, 0.4) is 0 Å². The normalized spacial score (nSPS) is 12.6. The van der Waals surface area contributed by atoms with Crippen LogP contribution >= 0.6 is 11.3 Å². The number of hydrogen-bond donors (Lipinski definition) is 2. The minimum Gasteiger partial charge on any atom is -0.350 e. The number of amides is 1. The molecule has 0 bridgehead atoms. The molecule has 2 N–H and O–H groups in total. The van der Waals surface area contributed by atoms with Gasteiger partial charge in [-0.3, -0.25) is 9.69 Å². The van der Waals surface area contributed by atoms with Crippen molar-refractivity contribution in [1.29, 1.82) is 0 Å². The summed E-state index contributed by atoms with van der Waals surface area (Å²) in [5.41, 5.74) is 2.34. The van der Waals surface area contributed by atoms with Crippen molar-refractivity contribution in [2.45, 2.75) is 31.3 Å². The number of likely N-dealkylation sites (N-methyl/N-ethyl adjacent to an activating group) is 1. The summed E-state index contributed by atoms with van der Waals surface area (Å²) >= 11 is 1.63. The lowest BCUT2D eigenvalue weighted by Gasteiger charge is -2.29. The van der Waals surface area contributed by atoms with Crippen LogP contribution in [0.5, 0.6) is 0 Å². The molecule has 6 nitrogen and oxygen atoms in total. The fraction of sp³-hybridized carbons (Fsp3) is 0.292. The van der Waals surface area contributed by atoms with E-state index in [9.17, 15) is 13.2 Å². The van der Waals surface area contributed by atoms with E-state index in [1.165, 1.54) is 17.7 Å². The monoisotopic (exact) mass is 471 g/mol. The van der Waals surface area contributed by atoms with Crippen LogP contribution in [-0.2, 0) is 16.6 Å². The predicted molar refractivity (Wildman–Crippen MR) is 129 cm³/mol. The number of nitrogens with one attached hydrogen (secondary N) is 2. The summed E-state index contributed by atoms with van der Waals surface area (Å²) in [7, 11) is -3.74. The van der Waals surface area contributed by atoms with Crippen LogP contribution in [-0.4, -0.2) is 38.9 Å². The minimum absolute atomic E-state index is 0.0687. The van der Waals surface area contributed by atoms with Crippen LogP contribution in [0.1, 0.15) is 41.4 Å². The number of rotatable bonds is 11. The van der Waals surface area contributed by atoms with Crippen molar-refractivity contribution >= 4 is 27.3 Å². The highest BCUT2D eigenvalue weighted by Gasteiger charge is 2.21. The predicted octanol–water partition coefficient (Wildman–Crippen LogP) is 4.04. The summed E-state index contributed by atoms with van der Waals surface area (Å²) in [6, 6.07) is 17.6. The maximum atomic E-state index is 12.8. The molecule has 1 unspecified atom stereocenters. The van der Waals surface area contributed by atoms with Gasteiger partial charge in [0.05, 0.1) is 10.9 Å². The van der Waals surface area contributed by atoms with Gasteiger partial charge < -0.3 is 5.32 Å². The average molecular weight is 472 g/mol. The first-order valence-electron chi connectivity index (χ1n) is 10.6. The van der Waals surface area contributed by atoms with Crippen LogP contribution in [0.25, 0.3) is 0 Å². The third-order valence-corrected chi connectivity index (χ3v) is 7.45. The Balaban J connectivity index is 1.69. The van der Waals surface area contributed by atoms with Gasteiger partial charge in [-0.25, -0.2) is 13.1 Å². The number of hydrogen-bond acceptors (Lipinski definition) is 5. The Labute approximate surface area is 194 Å². The minimum atomic E-state index is -3.74. The number of carbonyl (C=O) groups excluding carboxylic acids is 1. The number of carbonyl (C=O) groups is 1. The molecular weight excluding hydrogens is 442 g/mol. The Morgan fingerprint density at radius 2 is 1.78 bits per heavy atom. The van der Waals surface area contributed by atoms with Crippen molar-refractivity contribution in [2.75, 3.05) is 19.6 Å². The Morgan fingerprint density at radius 1 is 1.03 bits per heavy atom. The van der Waals surface area contributed by atoms with Crippen LogP contribution < -0.4 is 10.0 Å². The fourth-order valence-corrected chi connectivity index (χ4v) is 5.31. The van der Waals surface area contributed by atoms with E-state index in [2.05, 4.69) is 40.2 Å². The van der Waals surface area contributed by atoms with Crippen molar-refractivity contribution in [3.05, 3.63) is 88.1 Å². The van der Waals surface area contributed by atoms with E-state index in [-0.39, 0.29) is 23.4 Å². The molecule has 2 aromatic carbocycles. The van der Waals surface area contributed by atoms with Crippen LogP contribution in [0.2, 0.25) is 0 Å². The zero-order valence-electron chi connectivity index (χ0n) is 18.3. The van der Waals surface area contributed by atoms with Crippen LogP contribution in [0.15, 0.2) is 76.3 Å². The second-order valence-electron chi connectivity index (χ2n) is 7.34. The third-order valence-electron chi connectivity index (χ3n) is 5.35. The topological polar surface area (TPSA) is 78.5 Å². The lowest BCUT2D eigenvalue weighted by molar-refractivity contribution is 0.0935. The molecule has 1 amide bonds. The maximum Gasteiger partial charge on any atom is 0.251 e. The van der Waals surface area contributed by atoms with Gasteiger partial charge in [0.2, 0.25) is 10.0 Å². The quantitative estimate of drug-likeness (QED) is 0.442. The van der Waals surface area contributed by atoms with Crippen molar-refractivity contribution in [1.82, 2.24) is 14.9 Å². The van der Waals surface area contributed by atoms with E-state index in [1.54, 1.807) is 23.5 Å². The Bertz CT molecular complexity index is 1100. The molecule has 1 atom stereocenters. The second kappa shape index (κ2) is 11.4. The molecule has 1 heterocycles. The number of nitrogens with zero attached hydrogens (tertiary/aromatic N) is 1. The van der Waals surface area contributed by atoms with E-state index in [0.29, 0.717) is 12.1 Å². The molecule has 3 aromatic rings.